The first kappa shape index (κ1) is 17.1. The lowest BCUT2D eigenvalue weighted by Crippen LogP contribution is -2.47. The molecule has 0 aliphatic carbocycles. The van der Waals surface area contributed by atoms with Crippen LogP contribution in [0.4, 0.5) is 0 Å². The molecule has 0 spiro atoms. The number of hydrogen-bond acceptors (Lipinski definition) is 5. The summed E-state index contributed by atoms with van der Waals surface area (Å²) in [6.07, 6.45) is 2.02. The topological polar surface area (TPSA) is 46.2 Å². The molecule has 0 bridgehead atoms. The molecule has 3 aliphatic heterocycles. The van der Waals surface area contributed by atoms with Gasteiger partial charge in [0.1, 0.15) is 18.3 Å². The first-order valence-electron chi connectivity index (χ1n) is 7.75. The fraction of sp³-hybridized carbons (Fsp3) is 0.875. The van der Waals surface area contributed by atoms with E-state index in [0.717, 1.165) is 10.8 Å². The number of alkyl halides is 1. The standard InChI is InChI=1S/C16H25IO5/c1-6-16(7-8-17)11(10-9-18-14(2,3)20-10)19-13-12(16)21-15(4,5)22-13/h6,10-13H,1,7-9H2,2-5H3/t10-,11-,12+,13-,16+/m1/s1. The molecule has 0 radical (unpaired) electrons. The Bertz CT molecular complexity index is 452. The van der Waals surface area contributed by atoms with Crippen LogP contribution in [0.3, 0.4) is 0 Å². The first-order valence-corrected chi connectivity index (χ1v) is 9.28. The summed E-state index contributed by atoms with van der Waals surface area (Å²) in [7, 11) is 0. The van der Waals surface area contributed by atoms with E-state index >= 15 is 0 Å². The van der Waals surface area contributed by atoms with Crippen molar-refractivity contribution in [3.8, 4) is 0 Å². The Morgan fingerprint density at radius 1 is 1.09 bits per heavy atom. The van der Waals surface area contributed by atoms with Crippen LogP contribution >= 0.6 is 22.6 Å². The average molecular weight is 424 g/mol. The Morgan fingerprint density at radius 2 is 1.82 bits per heavy atom. The minimum Gasteiger partial charge on any atom is -0.348 e. The van der Waals surface area contributed by atoms with Crippen molar-refractivity contribution in [2.75, 3.05) is 11.0 Å². The summed E-state index contributed by atoms with van der Waals surface area (Å²) in [4.78, 5) is 0. The summed E-state index contributed by atoms with van der Waals surface area (Å²) >= 11 is 2.38. The van der Waals surface area contributed by atoms with Crippen molar-refractivity contribution < 1.29 is 23.7 Å². The van der Waals surface area contributed by atoms with Gasteiger partial charge in [-0.25, -0.2) is 0 Å². The van der Waals surface area contributed by atoms with Gasteiger partial charge in [0.25, 0.3) is 0 Å². The number of rotatable bonds is 4. The molecular weight excluding hydrogens is 399 g/mol. The third kappa shape index (κ3) is 2.75. The van der Waals surface area contributed by atoms with E-state index in [1.807, 2.05) is 33.8 Å². The first-order chi connectivity index (χ1) is 10.2. The van der Waals surface area contributed by atoms with Crippen LogP contribution in [0.2, 0.25) is 0 Å². The highest BCUT2D eigenvalue weighted by Gasteiger charge is 2.64. The smallest absolute Gasteiger partial charge is 0.188 e. The lowest BCUT2D eigenvalue weighted by Gasteiger charge is -2.37. The zero-order chi connectivity index (χ0) is 16.2. The van der Waals surface area contributed by atoms with Gasteiger partial charge < -0.3 is 23.7 Å². The molecule has 6 heteroatoms. The van der Waals surface area contributed by atoms with Gasteiger partial charge in [0, 0.05) is 9.84 Å². The fourth-order valence-corrected chi connectivity index (χ4v) is 4.64. The van der Waals surface area contributed by atoms with Crippen molar-refractivity contribution in [1.82, 2.24) is 0 Å². The molecule has 3 fully saturated rings. The summed E-state index contributed by atoms with van der Waals surface area (Å²) in [5, 5.41) is 0. The van der Waals surface area contributed by atoms with Crippen LogP contribution < -0.4 is 0 Å². The predicted molar refractivity (Wildman–Crippen MR) is 89.7 cm³/mol. The molecule has 5 atom stereocenters. The molecule has 0 saturated carbocycles. The highest BCUT2D eigenvalue weighted by molar-refractivity contribution is 14.1. The van der Waals surface area contributed by atoms with Crippen molar-refractivity contribution >= 4 is 22.6 Å². The van der Waals surface area contributed by atoms with Crippen molar-refractivity contribution in [3.05, 3.63) is 12.7 Å². The van der Waals surface area contributed by atoms with Gasteiger partial charge in [0.15, 0.2) is 17.9 Å². The second-order valence-electron chi connectivity index (χ2n) is 7.10. The van der Waals surface area contributed by atoms with E-state index < -0.39 is 11.6 Å². The van der Waals surface area contributed by atoms with Crippen LogP contribution in [0.15, 0.2) is 12.7 Å². The van der Waals surface area contributed by atoms with Crippen LogP contribution in [-0.2, 0) is 23.7 Å². The second-order valence-corrected chi connectivity index (χ2v) is 8.18. The Labute approximate surface area is 145 Å². The maximum atomic E-state index is 6.23. The van der Waals surface area contributed by atoms with Crippen LogP contribution in [0.1, 0.15) is 34.1 Å². The van der Waals surface area contributed by atoms with E-state index in [9.17, 15) is 0 Å². The van der Waals surface area contributed by atoms with Gasteiger partial charge in [0.2, 0.25) is 0 Å². The summed E-state index contributed by atoms with van der Waals surface area (Å²) in [5.74, 6) is -1.21. The minimum atomic E-state index is -0.633. The van der Waals surface area contributed by atoms with Crippen LogP contribution in [0, 0.1) is 5.41 Å². The molecule has 3 saturated heterocycles. The Balaban J connectivity index is 1.89. The van der Waals surface area contributed by atoms with Gasteiger partial charge >= 0.3 is 0 Å². The van der Waals surface area contributed by atoms with Gasteiger partial charge in [-0.2, -0.15) is 0 Å². The SMILES string of the molecule is C=C[C@]1(CCI)[C@@H]([C@H]2COC(C)(C)O2)O[C@@H]2OC(C)(C)O[C@@H]21. The zero-order valence-corrected chi connectivity index (χ0v) is 15.8. The molecule has 126 valence electrons. The number of halogens is 1. The van der Waals surface area contributed by atoms with Crippen molar-refractivity contribution in [3.63, 3.8) is 0 Å². The van der Waals surface area contributed by atoms with Crippen molar-refractivity contribution in [2.24, 2.45) is 5.41 Å². The van der Waals surface area contributed by atoms with Gasteiger partial charge in [-0.05, 0) is 34.1 Å². The lowest BCUT2D eigenvalue weighted by molar-refractivity contribution is -0.233. The van der Waals surface area contributed by atoms with Crippen LogP contribution in [-0.4, -0.2) is 47.2 Å². The summed E-state index contributed by atoms with van der Waals surface area (Å²) in [6.45, 7) is 12.3. The lowest BCUT2D eigenvalue weighted by atomic mass is 9.74. The maximum Gasteiger partial charge on any atom is 0.188 e. The molecule has 0 N–H and O–H groups in total. The molecular formula is C16H25IO5. The van der Waals surface area contributed by atoms with Gasteiger partial charge in [-0.15, -0.1) is 6.58 Å². The number of hydrogen-bond donors (Lipinski definition) is 0. The molecule has 0 amide bonds. The van der Waals surface area contributed by atoms with E-state index in [2.05, 4.69) is 29.2 Å². The van der Waals surface area contributed by atoms with Crippen molar-refractivity contribution in [2.45, 2.75) is 70.3 Å². The van der Waals surface area contributed by atoms with E-state index in [1.165, 1.54) is 0 Å². The molecule has 3 aliphatic rings. The van der Waals surface area contributed by atoms with Crippen molar-refractivity contribution in [1.29, 1.82) is 0 Å². The molecule has 0 aromatic carbocycles. The second kappa shape index (κ2) is 5.67. The highest BCUT2D eigenvalue weighted by atomic mass is 127. The number of ether oxygens (including phenoxy) is 5. The molecule has 0 unspecified atom stereocenters. The monoisotopic (exact) mass is 424 g/mol. The van der Waals surface area contributed by atoms with Gasteiger partial charge in [-0.1, -0.05) is 28.7 Å². The Hall–Kier alpha value is 0.270. The molecule has 0 aromatic rings. The minimum absolute atomic E-state index is 0.142. The molecule has 3 rings (SSSR count). The number of fused-ring (bicyclic) bond motifs is 1. The Morgan fingerprint density at radius 3 is 2.36 bits per heavy atom. The largest absolute Gasteiger partial charge is 0.348 e. The van der Waals surface area contributed by atoms with Gasteiger partial charge in [0.05, 0.1) is 6.61 Å². The quantitative estimate of drug-likeness (QED) is 0.395. The fourth-order valence-electron chi connectivity index (χ4n) is 3.71. The van der Waals surface area contributed by atoms with Crippen LogP contribution in [0.25, 0.3) is 0 Å². The summed E-state index contributed by atoms with van der Waals surface area (Å²) in [5.41, 5.74) is -0.325. The molecule has 0 aromatic heterocycles. The van der Waals surface area contributed by atoms with E-state index in [0.29, 0.717) is 6.61 Å². The summed E-state index contributed by atoms with van der Waals surface area (Å²) < 4.78 is 31.1. The predicted octanol–water partition coefficient (Wildman–Crippen LogP) is 3.01. The zero-order valence-electron chi connectivity index (χ0n) is 13.6. The summed E-state index contributed by atoms with van der Waals surface area (Å²) in [6, 6.07) is 0. The van der Waals surface area contributed by atoms with Gasteiger partial charge in [-0.3, -0.25) is 0 Å². The van der Waals surface area contributed by atoms with E-state index in [4.69, 9.17) is 23.7 Å². The van der Waals surface area contributed by atoms with E-state index in [-0.39, 0.29) is 30.0 Å². The molecule has 22 heavy (non-hydrogen) atoms. The maximum absolute atomic E-state index is 6.23. The van der Waals surface area contributed by atoms with E-state index in [1.54, 1.807) is 0 Å². The molecule has 5 nitrogen and oxygen atoms in total. The highest BCUT2D eigenvalue weighted by Crippen LogP contribution is 2.53. The average Bonchev–Trinajstić information content (AvgIpc) is 3.00. The molecule has 3 heterocycles. The normalized spacial score (nSPS) is 45.9. The Kier molecular flexibility index (Phi) is 4.41. The third-order valence-electron chi connectivity index (χ3n) is 4.67. The third-order valence-corrected chi connectivity index (χ3v) is 5.21. The van der Waals surface area contributed by atoms with Crippen LogP contribution in [0.5, 0.6) is 0 Å².